The Hall–Kier alpha value is -3.25. The van der Waals surface area contributed by atoms with Crippen LogP contribution in [0.3, 0.4) is 0 Å². The molecule has 3 aromatic rings. The molecule has 166 valence electrons. The van der Waals surface area contributed by atoms with Gasteiger partial charge in [-0.3, -0.25) is 4.79 Å². The second-order valence-corrected chi connectivity index (χ2v) is 7.91. The maximum absolute atomic E-state index is 13.2. The molecule has 3 aromatic carbocycles. The highest BCUT2D eigenvalue weighted by Gasteiger charge is 2.24. The highest BCUT2D eigenvalue weighted by molar-refractivity contribution is 6.31. The van der Waals surface area contributed by atoms with Crippen molar-refractivity contribution in [2.75, 3.05) is 27.4 Å². The Labute approximate surface area is 191 Å². The lowest BCUT2D eigenvalue weighted by Gasteiger charge is -2.20. The maximum atomic E-state index is 13.2. The van der Waals surface area contributed by atoms with Crippen LogP contribution in [0.4, 0.5) is 4.39 Å². The van der Waals surface area contributed by atoms with Crippen molar-refractivity contribution in [3.8, 4) is 28.4 Å². The maximum Gasteiger partial charge on any atom is 0.227 e. The number of ether oxygens (including phenoxy) is 3. The van der Waals surface area contributed by atoms with Crippen LogP contribution in [-0.2, 0) is 17.8 Å². The fraction of sp³-hybridized carbons (Fsp3) is 0.240. The van der Waals surface area contributed by atoms with Crippen LogP contribution in [0.2, 0.25) is 5.02 Å². The molecule has 0 aromatic heterocycles. The first kappa shape index (κ1) is 22.0. The van der Waals surface area contributed by atoms with E-state index in [1.807, 2.05) is 24.3 Å². The van der Waals surface area contributed by atoms with Crippen molar-refractivity contribution in [3.63, 3.8) is 0 Å². The molecule has 0 saturated heterocycles. The lowest BCUT2D eigenvalue weighted by Crippen LogP contribution is -2.33. The van der Waals surface area contributed by atoms with Crippen LogP contribution in [0.25, 0.3) is 11.1 Å². The number of hydrogen-bond donors (Lipinski definition) is 0. The molecule has 7 heteroatoms. The van der Waals surface area contributed by atoms with Crippen molar-refractivity contribution in [3.05, 3.63) is 76.6 Å². The molecule has 0 fully saturated rings. The van der Waals surface area contributed by atoms with E-state index in [0.717, 1.165) is 22.3 Å². The Morgan fingerprint density at radius 2 is 1.81 bits per heavy atom. The summed E-state index contributed by atoms with van der Waals surface area (Å²) in [5, 5.41) is 0.585. The molecular formula is C25H23ClFNO4. The van der Waals surface area contributed by atoms with Crippen LogP contribution < -0.4 is 14.2 Å². The van der Waals surface area contributed by atoms with Gasteiger partial charge >= 0.3 is 0 Å². The summed E-state index contributed by atoms with van der Waals surface area (Å²) < 4.78 is 30.3. The van der Waals surface area contributed by atoms with Crippen molar-refractivity contribution < 1.29 is 23.4 Å². The topological polar surface area (TPSA) is 48.0 Å². The third-order valence-electron chi connectivity index (χ3n) is 5.41. The zero-order chi connectivity index (χ0) is 22.7. The van der Waals surface area contributed by atoms with E-state index in [2.05, 4.69) is 0 Å². The molecule has 0 spiro atoms. The number of carbonyl (C=O) groups excluding carboxylic acids is 1. The van der Waals surface area contributed by atoms with Gasteiger partial charge < -0.3 is 19.1 Å². The third-order valence-corrected chi connectivity index (χ3v) is 5.65. The first-order valence-electron chi connectivity index (χ1n) is 10.2. The minimum atomic E-state index is -0.325. The standard InChI is InChI=1S/C25H23ClFNO4/c1-30-22-8-5-19(26)14-21(22)17-12-18-15-28(9-10-32-25(18)23(13-17)31-2)24(29)11-16-3-6-20(27)7-4-16/h3-8,12-14H,9-11,15H2,1-2H3. The second kappa shape index (κ2) is 9.49. The van der Waals surface area contributed by atoms with Crippen molar-refractivity contribution in [2.24, 2.45) is 0 Å². The summed E-state index contributed by atoms with van der Waals surface area (Å²) in [6, 6.07) is 15.2. The van der Waals surface area contributed by atoms with E-state index in [1.54, 1.807) is 37.3 Å². The fourth-order valence-corrected chi connectivity index (χ4v) is 3.97. The average Bonchev–Trinajstić information content (AvgIpc) is 3.02. The molecule has 0 N–H and O–H groups in total. The van der Waals surface area contributed by atoms with Crippen LogP contribution in [0.1, 0.15) is 11.1 Å². The molecule has 5 nitrogen and oxygen atoms in total. The van der Waals surface area contributed by atoms with E-state index in [-0.39, 0.29) is 18.1 Å². The van der Waals surface area contributed by atoms with Gasteiger partial charge in [-0.1, -0.05) is 23.7 Å². The molecule has 0 aliphatic carbocycles. The molecule has 0 unspecified atom stereocenters. The molecular weight excluding hydrogens is 433 g/mol. The molecule has 0 atom stereocenters. The van der Waals surface area contributed by atoms with Crippen LogP contribution >= 0.6 is 11.6 Å². The van der Waals surface area contributed by atoms with E-state index < -0.39 is 0 Å². The van der Waals surface area contributed by atoms with Gasteiger partial charge in [0.25, 0.3) is 0 Å². The monoisotopic (exact) mass is 455 g/mol. The smallest absolute Gasteiger partial charge is 0.227 e. The minimum Gasteiger partial charge on any atom is -0.496 e. The lowest BCUT2D eigenvalue weighted by molar-refractivity contribution is -0.131. The van der Waals surface area contributed by atoms with Crippen molar-refractivity contribution in [1.29, 1.82) is 0 Å². The number of hydrogen-bond acceptors (Lipinski definition) is 4. The molecule has 0 radical (unpaired) electrons. The number of fused-ring (bicyclic) bond motifs is 1. The van der Waals surface area contributed by atoms with Gasteiger partial charge in [-0.2, -0.15) is 0 Å². The summed E-state index contributed by atoms with van der Waals surface area (Å²) in [7, 11) is 3.19. The van der Waals surface area contributed by atoms with E-state index in [4.69, 9.17) is 25.8 Å². The largest absolute Gasteiger partial charge is 0.496 e. The van der Waals surface area contributed by atoms with E-state index >= 15 is 0 Å². The van der Waals surface area contributed by atoms with Crippen molar-refractivity contribution >= 4 is 17.5 Å². The molecule has 0 bridgehead atoms. The lowest BCUT2D eigenvalue weighted by atomic mass is 10.00. The predicted molar refractivity (Wildman–Crippen MR) is 121 cm³/mol. The number of rotatable bonds is 5. The van der Waals surface area contributed by atoms with Crippen LogP contribution in [0.15, 0.2) is 54.6 Å². The first-order chi connectivity index (χ1) is 15.5. The van der Waals surface area contributed by atoms with Crippen molar-refractivity contribution in [1.82, 2.24) is 4.90 Å². The number of benzene rings is 3. The minimum absolute atomic E-state index is 0.0576. The molecule has 32 heavy (non-hydrogen) atoms. The molecule has 1 heterocycles. The van der Waals surface area contributed by atoms with Crippen LogP contribution in [-0.4, -0.2) is 38.2 Å². The van der Waals surface area contributed by atoms with Crippen LogP contribution in [0, 0.1) is 5.82 Å². The Bertz CT molecular complexity index is 1130. The predicted octanol–water partition coefficient (Wildman–Crippen LogP) is 5.13. The number of amides is 1. The zero-order valence-electron chi connectivity index (χ0n) is 17.9. The molecule has 1 amide bonds. The Morgan fingerprint density at radius 3 is 2.53 bits per heavy atom. The summed E-state index contributed by atoms with van der Waals surface area (Å²) in [6.45, 7) is 1.15. The Morgan fingerprint density at radius 1 is 1.06 bits per heavy atom. The number of carbonyl (C=O) groups is 1. The van der Waals surface area contributed by atoms with E-state index in [0.29, 0.717) is 42.0 Å². The van der Waals surface area contributed by atoms with Gasteiger partial charge in [0, 0.05) is 22.7 Å². The van der Waals surface area contributed by atoms with Gasteiger partial charge in [-0.25, -0.2) is 4.39 Å². The van der Waals surface area contributed by atoms with Gasteiger partial charge in [-0.05, 0) is 53.6 Å². The first-order valence-corrected chi connectivity index (χ1v) is 10.6. The highest BCUT2D eigenvalue weighted by Crippen LogP contribution is 2.41. The zero-order valence-corrected chi connectivity index (χ0v) is 18.6. The number of methoxy groups -OCH3 is 2. The summed E-state index contributed by atoms with van der Waals surface area (Å²) in [5.41, 5.74) is 3.24. The molecule has 0 saturated carbocycles. The van der Waals surface area contributed by atoms with Crippen LogP contribution in [0.5, 0.6) is 17.2 Å². The average molecular weight is 456 g/mol. The summed E-state index contributed by atoms with van der Waals surface area (Å²) >= 11 is 6.23. The second-order valence-electron chi connectivity index (χ2n) is 7.48. The fourth-order valence-electron chi connectivity index (χ4n) is 3.80. The van der Waals surface area contributed by atoms with Gasteiger partial charge in [-0.15, -0.1) is 0 Å². The highest BCUT2D eigenvalue weighted by atomic mass is 35.5. The third kappa shape index (κ3) is 4.65. The quantitative estimate of drug-likeness (QED) is 0.535. The van der Waals surface area contributed by atoms with Gasteiger partial charge in [0.1, 0.15) is 18.2 Å². The SMILES string of the molecule is COc1ccc(Cl)cc1-c1cc2c(c(OC)c1)OCCN(C(=O)Cc1ccc(F)cc1)C2. The normalized spacial score (nSPS) is 13.1. The van der Waals surface area contributed by atoms with Crippen molar-refractivity contribution in [2.45, 2.75) is 13.0 Å². The number of nitrogens with zero attached hydrogens (tertiary/aromatic N) is 1. The summed E-state index contributed by atoms with van der Waals surface area (Å²) in [4.78, 5) is 14.7. The van der Waals surface area contributed by atoms with Gasteiger partial charge in [0.05, 0.1) is 27.2 Å². The van der Waals surface area contributed by atoms with Gasteiger partial charge in [0.15, 0.2) is 11.5 Å². The Kier molecular flexibility index (Phi) is 6.51. The number of halogens is 2. The molecule has 1 aliphatic rings. The van der Waals surface area contributed by atoms with E-state index in [9.17, 15) is 9.18 Å². The molecule has 1 aliphatic heterocycles. The van der Waals surface area contributed by atoms with E-state index in [1.165, 1.54) is 12.1 Å². The Balaban J connectivity index is 1.67. The summed E-state index contributed by atoms with van der Waals surface area (Å²) in [6.07, 6.45) is 0.189. The summed E-state index contributed by atoms with van der Waals surface area (Å²) in [5.74, 6) is 1.49. The molecule has 4 rings (SSSR count). The van der Waals surface area contributed by atoms with Gasteiger partial charge in [0.2, 0.25) is 5.91 Å².